The van der Waals surface area contributed by atoms with Crippen molar-refractivity contribution in [1.29, 1.82) is 0 Å². The molecule has 1 aromatic heterocycles. The number of ether oxygens (including phenoxy) is 1. The summed E-state index contributed by atoms with van der Waals surface area (Å²) in [6.45, 7) is 2.38. The van der Waals surface area contributed by atoms with E-state index in [0.717, 1.165) is 30.8 Å². The molecular weight excluding hydrogens is 226 g/mol. The van der Waals surface area contributed by atoms with Crippen LogP contribution in [-0.4, -0.2) is 29.7 Å². The summed E-state index contributed by atoms with van der Waals surface area (Å²) in [6, 6.07) is 6.51. The zero-order chi connectivity index (χ0) is 12.2. The average molecular weight is 243 g/mol. The Morgan fingerprint density at radius 3 is 2.78 bits per heavy atom. The summed E-state index contributed by atoms with van der Waals surface area (Å²) in [4.78, 5) is 7.46. The number of nitrogens with zero attached hydrogens (tertiary/aromatic N) is 1. The van der Waals surface area contributed by atoms with Gasteiger partial charge in [0.1, 0.15) is 0 Å². The Morgan fingerprint density at radius 1 is 1.33 bits per heavy atom. The number of H-pyrrole nitrogens is 1. The van der Waals surface area contributed by atoms with E-state index < -0.39 is 0 Å². The number of nitrogens with two attached hydrogens (primary N) is 1. The van der Waals surface area contributed by atoms with Gasteiger partial charge in [-0.25, -0.2) is 4.98 Å². The highest BCUT2D eigenvalue weighted by molar-refractivity contribution is 5.75. The van der Waals surface area contributed by atoms with Gasteiger partial charge in [0.2, 0.25) is 0 Å². The fourth-order valence-corrected chi connectivity index (χ4v) is 3.35. The van der Waals surface area contributed by atoms with Crippen molar-refractivity contribution in [3.8, 4) is 0 Å². The van der Waals surface area contributed by atoms with Crippen LogP contribution in [0.3, 0.4) is 0 Å². The Kier molecular flexibility index (Phi) is 1.95. The lowest BCUT2D eigenvalue weighted by atomic mass is 9.66. The van der Waals surface area contributed by atoms with E-state index in [1.54, 1.807) is 6.33 Å². The van der Waals surface area contributed by atoms with Crippen LogP contribution in [0.15, 0.2) is 24.5 Å². The third-order valence-electron chi connectivity index (χ3n) is 4.93. The first kappa shape index (κ1) is 10.5. The zero-order valence-electron chi connectivity index (χ0n) is 10.3. The minimum absolute atomic E-state index is 0.140. The van der Waals surface area contributed by atoms with Gasteiger partial charge in [0.25, 0.3) is 0 Å². The van der Waals surface area contributed by atoms with Crippen molar-refractivity contribution in [2.75, 3.05) is 19.8 Å². The Balaban J connectivity index is 1.84. The summed E-state index contributed by atoms with van der Waals surface area (Å²) in [5.41, 5.74) is 9.91. The van der Waals surface area contributed by atoms with E-state index in [9.17, 15) is 0 Å². The number of aromatic nitrogens is 2. The van der Waals surface area contributed by atoms with Crippen LogP contribution < -0.4 is 5.73 Å². The lowest BCUT2D eigenvalue weighted by molar-refractivity contribution is -0.0972. The van der Waals surface area contributed by atoms with Crippen LogP contribution in [0.2, 0.25) is 0 Å². The highest BCUT2D eigenvalue weighted by atomic mass is 16.5. The van der Waals surface area contributed by atoms with E-state index >= 15 is 0 Å². The van der Waals surface area contributed by atoms with Crippen molar-refractivity contribution in [3.05, 3.63) is 30.1 Å². The van der Waals surface area contributed by atoms with Crippen LogP contribution in [0.5, 0.6) is 0 Å². The maximum atomic E-state index is 6.02. The second-order valence-corrected chi connectivity index (χ2v) is 5.69. The molecule has 0 radical (unpaired) electrons. The van der Waals surface area contributed by atoms with Crippen molar-refractivity contribution in [1.82, 2.24) is 9.97 Å². The number of benzene rings is 1. The van der Waals surface area contributed by atoms with E-state index in [-0.39, 0.29) is 10.8 Å². The molecule has 1 saturated heterocycles. The molecule has 4 rings (SSSR count). The van der Waals surface area contributed by atoms with Gasteiger partial charge >= 0.3 is 0 Å². The van der Waals surface area contributed by atoms with Gasteiger partial charge in [0, 0.05) is 5.41 Å². The van der Waals surface area contributed by atoms with Gasteiger partial charge in [0.15, 0.2) is 0 Å². The number of fused-ring (bicyclic) bond motifs is 1. The number of hydrogen-bond acceptors (Lipinski definition) is 3. The van der Waals surface area contributed by atoms with Crippen LogP contribution in [0.4, 0.5) is 0 Å². The normalized spacial score (nSPS) is 23.8. The van der Waals surface area contributed by atoms with Crippen molar-refractivity contribution in [3.63, 3.8) is 0 Å². The molecule has 2 aromatic rings. The molecule has 4 nitrogen and oxygen atoms in total. The molecular formula is C14H17N3O. The fraction of sp³-hybridized carbons (Fsp3) is 0.500. The lowest BCUT2D eigenvalue weighted by Crippen LogP contribution is -2.55. The first-order valence-electron chi connectivity index (χ1n) is 6.51. The van der Waals surface area contributed by atoms with Crippen molar-refractivity contribution >= 4 is 11.0 Å². The molecule has 0 atom stereocenters. The minimum Gasteiger partial charge on any atom is -0.379 e. The van der Waals surface area contributed by atoms with Gasteiger partial charge in [-0.3, -0.25) is 0 Å². The molecule has 0 amide bonds. The summed E-state index contributed by atoms with van der Waals surface area (Å²) in [6.07, 6.45) is 4.20. The standard InChI is InChI=1S/C14H17N3O/c15-6-13(3-4-13)14(7-18-8-14)10-1-2-11-12(5-10)17-9-16-11/h1-2,5,9H,3-4,6-8,15H2,(H,16,17). The number of nitrogens with one attached hydrogen (secondary N) is 1. The molecule has 1 aliphatic heterocycles. The van der Waals surface area contributed by atoms with E-state index in [0.29, 0.717) is 0 Å². The number of aromatic amines is 1. The molecule has 4 heteroatoms. The van der Waals surface area contributed by atoms with Crippen LogP contribution in [0, 0.1) is 5.41 Å². The predicted molar refractivity (Wildman–Crippen MR) is 69.3 cm³/mol. The molecule has 18 heavy (non-hydrogen) atoms. The highest BCUT2D eigenvalue weighted by Crippen LogP contribution is 2.61. The molecule has 2 fully saturated rings. The second kappa shape index (κ2) is 3.33. The van der Waals surface area contributed by atoms with Gasteiger partial charge in [-0.05, 0) is 42.5 Å². The van der Waals surface area contributed by atoms with Crippen LogP contribution in [0.1, 0.15) is 18.4 Å². The van der Waals surface area contributed by atoms with Crippen LogP contribution in [0.25, 0.3) is 11.0 Å². The summed E-state index contributed by atoms with van der Waals surface area (Å²) in [7, 11) is 0. The van der Waals surface area contributed by atoms with Gasteiger partial charge in [0.05, 0.1) is 30.6 Å². The predicted octanol–water partition coefficient (Wildman–Crippen LogP) is 1.57. The van der Waals surface area contributed by atoms with Crippen molar-refractivity contribution < 1.29 is 4.74 Å². The number of imidazole rings is 1. The van der Waals surface area contributed by atoms with Crippen molar-refractivity contribution in [2.45, 2.75) is 18.3 Å². The number of rotatable bonds is 3. The topological polar surface area (TPSA) is 63.9 Å². The molecule has 94 valence electrons. The van der Waals surface area contributed by atoms with Gasteiger partial charge in [-0.2, -0.15) is 0 Å². The Hall–Kier alpha value is -1.39. The summed E-state index contributed by atoms with van der Waals surface area (Å²) in [5, 5.41) is 0. The number of hydrogen-bond donors (Lipinski definition) is 2. The Bertz CT molecular complexity index is 596. The molecule has 2 heterocycles. The van der Waals surface area contributed by atoms with Crippen LogP contribution in [-0.2, 0) is 10.2 Å². The Morgan fingerprint density at radius 2 is 2.17 bits per heavy atom. The molecule has 0 bridgehead atoms. The molecule has 3 N–H and O–H groups in total. The van der Waals surface area contributed by atoms with Crippen molar-refractivity contribution in [2.24, 2.45) is 11.1 Å². The maximum absolute atomic E-state index is 6.02. The molecule has 1 aromatic carbocycles. The van der Waals surface area contributed by atoms with Crippen LogP contribution >= 0.6 is 0 Å². The van der Waals surface area contributed by atoms with E-state index in [2.05, 4.69) is 28.2 Å². The zero-order valence-corrected chi connectivity index (χ0v) is 10.3. The van der Waals surface area contributed by atoms with Gasteiger partial charge in [-0.1, -0.05) is 6.07 Å². The molecule has 0 unspecified atom stereocenters. The molecule has 1 aliphatic carbocycles. The van der Waals surface area contributed by atoms with Gasteiger partial charge in [-0.15, -0.1) is 0 Å². The second-order valence-electron chi connectivity index (χ2n) is 5.69. The SMILES string of the molecule is NCC1(C2(c3ccc4nc[nH]c4c3)COC2)CC1. The smallest absolute Gasteiger partial charge is 0.0931 e. The Labute approximate surface area is 106 Å². The largest absolute Gasteiger partial charge is 0.379 e. The first-order valence-corrected chi connectivity index (χ1v) is 6.51. The average Bonchev–Trinajstić information content (AvgIpc) is 2.99. The maximum Gasteiger partial charge on any atom is 0.0931 e. The third kappa shape index (κ3) is 1.15. The lowest BCUT2D eigenvalue weighted by Gasteiger charge is -2.48. The summed E-state index contributed by atoms with van der Waals surface area (Å²) in [5.74, 6) is 0. The fourth-order valence-electron chi connectivity index (χ4n) is 3.35. The summed E-state index contributed by atoms with van der Waals surface area (Å²) < 4.78 is 5.53. The van der Waals surface area contributed by atoms with E-state index in [1.165, 1.54) is 18.4 Å². The molecule has 1 saturated carbocycles. The van der Waals surface area contributed by atoms with E-state index in [1.807, 2.05) is 0 Å². The molecule has 2 aliphatic rings. The molecule has 0 spiro atoms. The quantitative estimate of drug-likeness (QED) is 0.860. The highest BCUT2D eigenvalue weighted by Gasteiger charge is 2.62. The monoisotopic (exact) mass is 243 g/mol. The third-order valence-corrected chi connectivity index (χ3v) is 4.93. The first-order chi connectivity index (χ1) is 8.80. The summed E-state index contributed by atoms with van der Waals surface area (Å²) >= 11 is 0. The van der Waals surface area contributed by atoms with E-state index in [4.69, 9.17) is 10.5 Å². The van der Waals surface area contributed by atoms with Gasteiger partial charge < -0.3 is 15.5 Å². The minimum atomic E-state index is 0.140.